The molecule has 0 saturated carbocycles. The van der Waals surface area contributed by atoms with Gasteiger partial charge in [0.15, 0.2) is 0 Å². The zero-order valence-corrected chi connectivity index (χ0v) is 18.9. The maximum Gasteiger partial charge on any atom is 0.225 e. The summed E-state index contributed by atoms with van der Waals surface area (Å²) in [6.45, 7) is 6.93. The lowest BCUT2D eigenvalue weighted by Gasteiger charge is -2.31. The van der Waals surface area contributed by atoms with Gasteiger partial charge in [0.2, 0.25) is 11.8 Å². The Hall–Kier alpha value is -2.99. The van der Waals surface area contributed by atoms with Crippen molar-refractivity contribution < 1.29 is 9.59 Å². The zero-order chi connectivity index (χ0) is 22.0. The number of hydrogen-bond acceptors (Lipinski definition) is 4. The third-order valence-electron chi connectivity index (χ3n) is 5.55. The van der Waals surface area contributed by atoms with Crippen molar-refractivity contribution in [2.45, 2.75) is 39.3 Å². The van der Waals surface area contributed by atoms with Crippen molar-refractivity contribution in [2.75, 3.05) is 6.54 Å². The summed E-state index contributed by atoms with van der Waals surface area (Å²) < 4.78 is 0. The highest BCUT2D eigenvalue weighted by Crippen LogP contribution is 2.29. The lowest BCUT2D eigenvalue weighted by Crippen LogP contribution is -2.43. The minimum absolute atomic E-state index is 0.0512. The highest BCUT2D eigenvalue weighted by Gasteiger charge is 2.39. The molecule has 6 heteroatoms. The number of benzene rings is 2. The molecule has 0 spiro atoms. The molecule has 1 unspecified atom stereocenters. The summed E-state index contributed by atoms with van der Waals surface area (Å²) >= 11 is 1.62. The van der Waals surface area contributed by atoms with Crippen molar-refractivity contribution in [3.63, 3.8) is 0 Å². The number of likely N-dealkylation sites (tertiary alicyclic amines) is 1. The molecular weight excluding hydrogens is 406 g/mol. The topological polar surface area (TPSA) is 62.3 Å². The van der Waals surface area contributed by atoms with Crippen LogP contribution in [-0.4, -0.2) is 33.8 Å². The van der Waals surface area contributed by atoms with Gasteiger partial charge in [0.05, 0.1) is 11.6 Å². The van der Waals surface area contributed by atoms with Gasteiger partial charge in [-0.15, -0.1) is 11.3 Å². The average molecular weight is 434 g/mol. The summed E-state index contributed by atoms with van der Waals surface area (Å²) in [4.78, 5) is 31.3. The smallest absolute Gasteiger partial charge is 0.225 e. The van der Waals surface area contributed by atoms with Crippen molar-refractivity contribution in [1.82, 2.24) is 15.2 Å². The Morgan fingerprint density at radius 2 is 1.81 bits per heavy atom. The second-order valence-corrected chi connectivity index (χ2v) is 9.75. The van der Waals surface area contributed by atoms with Crippen LogP contribution in [0.3, 0.4) is 0 Å². The number of aromatic nitrogens is 1. The van der Waals surface area contributed by atoms with Crippen LogP contribution in [0.4, 0.5) is 0 Å². The molecule has 160 valence electrons. The van der Waals surface area contributed by atoms with Gasteiger partial charge in [0.25, 0.3) is 0 Å². The Bertz CT molecular complexity index is 1070. The van der Waals surface area contributed by atoms with E-state index in [2.05, 4.69) is 22.8 Å². The summed E-state index contributed by atoms with van der Waals surface area (Å²) in [5, 5.41) is 6.03. The monoisotopic (exact) mass is 433 g/mol. The first-order valence-electron chi connectivity index (χ1n) is 10.5. The Balaban J connectivity index is 1.35. The Morgan fingerprint density at radius 3 is 2.45 bits per heavy atom. The molecule has 1 saturated heterocycles. The van der Waals surface area contributed by atoms with Gasteiger partial charge in [-0.3, -0.25) is 9.59 Å². The molecule has 2 amide bonds. The van der Waals surface area contributed by atoms with Gasteiger partial charge in [0.1, 0.15) is 5.01 Å². The van der Waals surface area contributed by atoms with Gasteiger partial charge < -0.3 is 10.2 Å². The second kappa shape index (κ2) is 8.63. The van der Waals surface area contributed by atoms with Crippen LogP contribution in [0, 0.1) is 5.92 Å². The predicted octanol–water partition coefficient (Wildman–Crippen LogP) is 4.74. The van der Waals surface area contributed by atoms with E-state index in [1.54, 1.807) is 16.2 Å². The predicted molar refractivity (Wildman–Crippen MR) is 124 cm³/mol. The highest BCUT2D eigenvalue weighted by molar-refractivity contribution is 7.13. The molecule has 5 nitrogen and oxygen atoms in total. The fraction of sp³-hybridized carbons (Fsp3) is 0.320. The van der Waals surface area contributed by atoms with E-state index >= 15 is 0 Å². The summed E-state index contributed by atoms with van der Waals surface area (Å²) in [7, 11) is 0. The summed E-state index contributed by atoms with van der Waals surface area (Å²) in [6.07, 6.45) is 0.288. The SMILES string of the molecule is CC(C)(C)N1CC(C(=O)NCc2ccc(-c3nc(-c4ccccc4)cs3)cc2)CC1=O. The van der Waals surface area contributed by atoms with Crippen LogP contribution in [0.5, 0.6) is 0 Å². The van der Waals surface area contributed by atoms with Gasteiger partial charge in [-0.2, -0.15) is 0 Å². The summed E-state index contributed by atoms with van der Waals surface area (Å²) in [6, 6.07) is 18.2. The van der Waals surface area contributed by atoms with E-state index < -0.39 is 0 Å². The molecule has 2 aromatic carbocycles. The molecule has 1 atom stereocenters. The van der Waals surface area contributed by atoms with Gasteiger partial charge in [-0.1, -0.05) is 54.6 Å². The molecule has 1 fully saturated rings. The van der Waals surface area contributed by atoms with Crippen molar-refractivity contribution in [1.29, 1.82) is 0 Å². The first kappa shape index (κ1) is 21.2. The van der Waals surface area contributed by atoms with Crippen LogP contribution in [0.25, 0.3) is 21.8 Å². The van der Waals surface area contributed by atoms with Crippen molar-refractivity contribution in [3.8, 4) is 21.8 Å². The number of thiazole rings is 1. The number of carbonyl (C=O) groups excluding carboxylic acids is 2. The molecule has 0 bridgehead atoms. The Kier molecular flexibility index (Phi) is 5.92. The van der Waals surface area contributed by atoms with Gasteiger partial charge in [0, 0.05) is 41.6 Å². The largest absolute Gasteiger partial charge is 0.352 e. The minimum Gasteiger partial charge on any atom is -0.352 e. The molecule has 0 radical (unpaired) electrons. The third kappa shape index (κ3) is 4.85. The first-order valence-corrected chi connectivity index (χ1v) is 11.4. The van der Waals surface area contributed by atoms with E-state index in [0.29, 0.717) is 13.1 Å². The van der Waals surface area contributed by atoms with Gasteiger partial charge >= 0.3 is 0 Å². The number of nitrogens with one attached hydrogen (secondary N) is 1. The molecule has 1 aliphatic heterocycles. The van der Waals surface area contributed by atoms with Crippen LogP contribution in [-0.2, 0) is 16.1 Å². The molecule has 1 aliphatic rings. The summed E-state index contributed by atoms with van der Waals surface area (Å²) in [5.74, 6) is -0.287. The van der Waals surface area contributed by atoms with Crippen molar-refractivity contribution in [2.24, 2.45) is 5.92 Å². The standard InChI is InChI=1S/C25H27N3O2S/c1-25(2,3)28-15-20(13-22(28)29)23(30)26-14-17-9-11-19(12-10-17)24-27-21(16-31-24)18-7-5-4-6-8-18/h4-12,16,20H,13-15H2,1-3H3,(H,26,30). The molecule has 4 rings (SSSR count). The zero-order valence-electron chi connectivity index (χ0n) is 18.1. The molecule has 1 N–H and O–H groups in total. The van der Waals surface area contributed by atoms with Gasteiger partial charge in [-0.25, -0.2) is 4.98 Å². The van der Waals surface area contributed by atoms with Crippen LogP contribution in [0.15, 0.2) is 60.0 Å². The lowest BCUT2D eigenvalue weighted by molar-refractivity contribution is -0.132. The fourth-order valence-corrected chi connectivity index (χ4v) is 4.61. The maximum absolute atomic E-state index is 12.6. The molecule has 3 aromatic rings. The number of hydrogen-bond donors (Lipinski definition) is 1. The van der Waals surface area contributed by atoms with Gasteiger partial charge in [-0.05, 0) is 26.3 Å². The average Bonchev–Trinajstić information content (AvgIpc) is 3.40. The highest BCUT2D eigenvalue weighted by atomic mass is 32.1. The second-order valence-electron chi connectivity index (χ2n) is 8.89. The molecule has 2 heterocycles. The molecular formula is C25H27N3O2S. The number of amides is 2. The maximum atomic E-state index is 12.6. The van der Waals surface area contributed by atoms with E-state index in [4.69, 9.17) is 4.98 Å². The van der Waals surface area contributed by atoms with Crippen molar-refractivity contribution >= 4 is 23.2 Å². The van der Waals surface area contributed by atoms with Crippen LogP contribution in [0.2, 0.25) is 0 Å². The number of nitrogens with zero attached hydrogens (tertiary/aromatic N) is 2. The lowest BCUT2D eigenvalue weighted by atomic mass is 10.1. The minimum atomic E-state index is -0.280. The van der Waals surface area contributed by atoms with Crippen LogP contribution in [0.1, 0.15) is 32.8 Å². The van der Waals surface area contributed by atoms with E-state index in [1.807, 2.05) is 63.2 Å². The number of rotatable bonds is 5. The Morgan fingerprint density at radius 1 is 1.10 bits per heavy atom. The van der Waals surface area contributed by atoms with E-state index in [1.165, 1.54) is 0 Å². The fourth-order valence-electron chi connectivity index (χ4n) is 3.78. The first-order chi connectivity index (χ1) is 14.8. The third-order valence-corrected chi connectivity index (χ3v) is 6.44. The summed E-state index contributed by atoms with van der Waals surface area (Å²) in [5.41, 5.74) is 3.92. The molecule has 0 aliphatic carbocycles. The molecule has 31 heavy (non-hydrogen) atoms. The molecule has 1 aromatic heterocycles. The Labute approximate surface area is 187 Å². The van der Waals surface area contributed by atoms with E-state index in [-0.39, 0.29) is 29.7 Å². The van der Waals surface area contributed by atoms with Crippen LogP contribution >= 0.6 is 11.3 Å². The van der Waals surface area contributed by atoms with E-state index in [9.17, 15) is 9.59 Å². The van der Waals surface area contributed by atoms with Crippen LogP contribution < -0.4 is 5.32 Å². The normalized spacial score (nSPS) is 16.5. The quantitative estimate of drug-likeness (QED) is 0.632. The van der Waals surface area contributed by atoms with Crippen molar-refractivity contribution in [3.05, 3.63) is 65.5 Å². The number of carbonyl (C=O) groups is 2. The van der Waals surface area contributed by atoms with E-state index in [0.717, 1.165) is 27.4 Å².